The molecule has 27 heavy (non-hydrogen) atoms. The van der Waals surface area contributed by atoms with Gasteiger partial charge in [-0.15, -0.1) is 0 Å². The molecule has 3 rings (SSSR count). The predicted molar refractivity (Wildman–Crippen MR) is 98.6 cm³/mol. The summed E-state index contributed by atoms with van der Waals surface area (Å²) in [4.78, 5) is 0. The van der Waals surface area contributed by atoms with E-state index in [0.717, 1.165) is 12.8 Å². The minimum atomic E-state index is 0. The topological polar surface area (TPSA) is 0 Å². The zero-order valence-corrected chi connectivity index (χ0v) is 19.9. The van der Waals surface area contributed by atoms with Crippen molar-refractivity contribution in [2.45, 2.75) is 46.0 Å². The Morgan fingerprint density at radius 3 is 1.85 bits per heavy atom. The SMILES string of the molecule is CCCC1=CCC(C(c2cccc(C)c2)c2cccc(C)c2)=[C-]1.[Cl-].[Cl-].[Cl-].[Ti+4]. The number of halogens is 3. The van der Waals surface area contributed by atoms with Crippen LogP contribution in [-0.2, 0) is 21.7 Å². The minimum absolute atomic E-state index is 0. The van der Waals surface area contributed by atoms with Crippen LogP contribution in [0.1, 0.15) is 54.4 Å². The Morgan fingerprint density at radius 2 is 1.41 bits per heavy atom. The third-order valence-corrected chi connectivity index (χ3v) is 4.51. The summed E-state index contributed by atoms with van der Waals surface area (Å²) >= 11 is 0. The summed E-state index contributed by atoms with van der Waals surface area (Å²) in [6, 6.07) is 17.8. The van der Waals surface area contributed by atoms with E-state index in [1.807, 2.05) is 0 Å². The van der Waals surface area contributed by atoms with Gasteiger partial charge in [0.05, 0.1) is 0 Å². The molecule has 4 heteroatoms. The first-order valence-corrected chi connectivity index (χ1v) is 8.62. The molecule has 1 aliphatic carbocycles. The van der Waals surface area contributed by atoms with Crippen molar-refractivity contribution in [3.8, 4) is 0 Å². The number of aryl methyl sites for hydroxylation is 2. The van der Waals surface area contributed by atoms with Gasteiger partial charge in [0, 0.05) is 5.92 Å². The summed E-state index contributed by atoms with van der Waals surface area (Å²) in [6.07, 6.45) is 9.42. The van der Waals surface area contributed by atoms with Gasteiger partial charge in [-0.05, 0) is 25.0 Å². The van der Waals surface area contributed by atoms with Gasteiger partial charge in [-0.3, -0.25) is 0 Å². The van der Waals surface area contributed by atoms with Gasteiger partial charge >= 0.3 is 21.7 Å². The molecule has 2 aromatic carbocycles. The zero-order chi connectivity index (χ0) is 16.2. The van der Waals surface area contributed by atoms with Gasteiger partial charge in [0.2, 0.25) is 0 Å². The molecule has 0 heterocycles. The van der Waals surface area contributed by atoms with Gasteiger partial charge in [-0.25, -0.2) is 17.7 Å². The van der Waals surface area contributed by atoms with Crippen LogP contribution in [0.25, 0.3) is 0 Å². The number of allylic oxidation sites excluding steroid dienone is 4. The quantitative estimate of drug-likeness (QED) is 0.340. The van der Waals surface area contributed by atoms with E-state index in [9.17, 15) is 0 Å². The van der Waals surface area contributed by atoms with Crippen LogP contribution in [0, 0.1) is 19.9 Å². The zero-order valence-electron chi connectivity index (χ0n) is 16.0. The minimum Gasteiger partial charge on any atom is -1.00 e. The fraction of sp³-hybridized carbons (Fsp3) is 0.304. The van der Waals surface area contributed by atoms with E-state index in [2.05, 4.69) is 81.5 Å². The fourth-order valence-corrected chi connectivity index (χ4v) is 3.46. The van der Waals surface area contributed by atoms with Crippen molar-refractivity contribution in [2.75, 3.05) is 0 Å². The second kappa shape index (κ2) is 13.6. The van der Waals surface area contributed by atoms with Crippen molar-refractivity contribution in [3.05, 3.63) is 94.1 Å². The Morgan fingerprint density at radius 1 is 0.889 bits per heavy atom. The van der Waals surface area contributed by atoms with Crippen LogP contribution in [0.5, 0.6) is 0 Å². The smallest absolute Gasteiger partial charge is 1.00 e. The maximum Gasteiger partial charge on any atom is 4.00 e. The van der Waals surface area contributed by atoms with Crippen molar-refractivity contribution in [3.63, 3.8) is 0 Å². The third kappa shape index (κ3) is 7.44. The normalized spacial score (nSPS) is 12.0. The van der Waals surface area contributed by atoms with Gasteiger partial charge in [-0.1, -0.05) is 85.8 Å². The van der Waals surface area contributed by atoms with Gasteiger partial charge in [0.15, 0.2) is 0 Å². The molecule has 0 saturated heterocycles. The van der Waals surface area contributed by atoms with Gasteiger partial charge in [0.25, 0.3) is 0 Å². The Kier molecular flexibility index (Phi) is 14.5. The van der Waals surface area contributed by atoms with Crippen LogP contribution in [0.2, 0.25) is 0 Å². The molecule has 0 saturated carbocycles. The summed E-state index contributed by atoms with van der Waals surface area (Å²) < 4.78 is 0. The monoisotopic (exact) mass is 454 g/mol. The molecule has 1 aliphatic rings. The molecule has 0 atom stereocenters. The van der Waals surface area contributed by atoms with Crippen LogP contribution < -0.4 is 37.2 Å². The first kappa shape index (κ1) is 28.7. The Hall–Kier alpha value is -0.496. The van der Waals surface area contributed by atoms with E-state index in [0.29, 0.717) is 5.92 Å². The molecule has 0 fully saturated rings. The van der Waals surface area contributed by atoms with Gasteiger partial charge < -0.3 is 37.2 Å². The molecule has 0 nitrogen and oxygen atoms in total. The van der Waals surface area contributed by atoms with Gasteiger partial charge in [-0.2, -0.15) is 5.57 Å². The second-order valence-corrected chi connectivity index (χ2v) is 6.60. The van der Waals surface area contributed by atoms with Crippen LogP contribution in [0.15, 0.2) is 65.8 Å². The van der Waals surface area contributed by atoms with Crippen molar-refractivity contribution in [1.29, 1.82) is 0 Å². The molecular weight excluding hydrogens is 430 g/mol. The molecule has 142 valence electrons. The fourth-order valence-electron chi connectivity index (χ4n) is 3.46. The summed E-state index contributed by atoms with van der Waals surface area (Å²) in [5.74, 6) is 0.320. The van der Waals surface area contributed by atoms with Gasteiger partial charge in [0.1, 0.15) is 0 Å². The standard InChI is InChI=1S/C23H25.3ClH.Ti/c1-4-7-19-12-13-22(16-19)23(20-10-5-8-17(2)14-20)21-11-6-9-18(3)15-21;;;;/h5-6,8-12,14-15,23H,4,7,13H2,1-3H3;3*1H;/q-1;;;;+4/p-3. The Labute approximate surface area is 198 Å². The Bertz CT molecular complexity index is 720. The van der Waals surface area contributed by atoms with Crippen LogP contribution in [-0.4, -0.2) is 0 Å². The maximum absolute atomic E-state index is 3.71. The van der Waals surface area contributed by atoms with E-state index >= 15 is 0 Å². The molecule has 0 spiro atoms. The summed E-state index contributed by atoms with van der Waals surface area (Å²) in [5.41, 5.74) is 8.19. The van der Waals surface area contributed by atoms with Crippen molar-refractivity contribution < 1.29 is 58.9 Å². The average Bonchev–Trinajstić information content (AvgIpc) is 2.96. The largest absolute Gasteiger partial charge is 4.00 e. The summed E-state index contributed by atoms with van der Waals surface area (Å²) in [6.45, 7) is 6.58. The first-order valence-electron chi connectivity index (χ1n) is 8.62. The van der Waals surface area contributed by atoms with Crippen LogP contribution >= 0.6 is 0 Å². The van der Waals surface area contributed by atoms with Crippen molar-refractivity contribution in [1.82, 2.24) is 0 Å². The average molecular weight is 456 g/mol. The molecule has 0 amide bonds. The van der Waals surface area contributed by atoms with E-state index in [1.165, 1.54) is 39.8 Å². The second-order valence-electron chi connectivity index (χ2n) is 6.60. The van der Waals surface area contributed by atoms with E-state index in [-0.39, 0.29) is 58.9 Å². The number of hydrogen-bond acceptors (Lipinski definition) is 0. The van der Waals surface area contributed by atoms with E-state index in [4.69, 9.17) is 0 Å². The molecule has 2 aromatic rings. The van der Waals surface area contributed by atoms with E-state index in [1.54, 1.807) is 0 Å². The van der Waals surface area contributed by atoms with Crippen LogP contribution in [0.3, 0.4) is 0 Å². The van der Waals surface area contributed by atoms with Crippen molar-refractivity contribution in [2.24, 2.45) is 0 Å². The van der Waals surface area contributed by atoms with E-state index < -0.39 is 0 Å². The predicted octanol–water partition coefficient (Wildman–Crippen LogP) is -2.70. The number of rotatable bonds is 5. The summed E-state index contributed by atoms with van der Waals surface area (Å²) in [7, 11) is 0. The Balaban J connectivity index is 0. The molecule has 0 bridgehead atoms. The molecule has 0 N–H and O–H groups in total. The summed E-state index contributed by atoms with van der Waals surface area (Å²) in [5, 5.41) is 0. The molecule has 0 unspecified atom stereocenters. The number of benzene rings is 2. The maximum atomic E-state index is 3.71. The molecule has 0 radical (unpaired) electrons. The van der Waals surface area contributed by atoms with Crippen LogP contribution in [0.4, 0.5) is 0 Å². The molecule has 0 aromatic heterocycles. The van der Waals surface area contributed by atoms with Crippen molar-refractivity contribution >= 4 is 0 Å². The molecular formula is C23H25Cl3Ti. The first-order chi connectivity index (χ1) is 11.2. The number of hydrogen-bond donors (Lipinski definition) is 0. The third-order valence-electron chi connectivity index (χ3n) is 4.51. The molecule has 0 aliphatic heterocycles.